The molecule has 0 spiro atoms. The van der Waals surface area contributed by atoms with Crippen LogP contribution >= 0.6 is 0 Å². The molecule has 2 unspecified atom stereocenters. The van der Waals surface area contributed by atoms with Gasteiger partial charge in [0, 0.05) is 18.1 Å². The van der Waals surface area contributed by atoms with Gasteiger partial charge in [-0.1, -0.05) is 13.8 Å². The van der Waals surface area contributed by atoms with Crippen LogP contribution in [0.25, 0.3) is 0 Å². The molecular formula is C14H28N2O2. The molecule has 0 saturated carbocycles. The first-order valence-electron chi connectivity index (χ1n) is 7.05. The van der Waals surface area contributed by atoms with Crippen LogP contribution in [0, 0.1) is 0 Å². The largest absolute Gasteiger partial charge is 0.444 e. The number of ether oxygens (including phenoxy) is 1. The third-order valence-corrected chi connectivity index (χ3v) is 3.48. The third kappa shape index (κ3) is 3.87. The van der Waals surface area contributed by atoms with Crippen molar-refractivity contribution in [2.45, 2.75) is 84.0 Å². The Balaban J connectivity index is 2.82. The Hall–Kier alpha value is -0.770. The summed E-state index contributed by atoms with van der Waals surface area (Å²) in [5, 5.41) is 0. The van der Waals surface area contributed by atoms with E-state index >= 15 is 0 Å². The number of likely N-dealkylation sites (tertiary alicyclic amines) is 1. The number of nitrogens with zero attached hydrogens (tertiary/aromatic N) is 1. The number of carbonyl (C=O) groups is 1. The molecule has 0 bridgehead atoms. The normalized spacial score (nSPS) is 29.2. The maximum atomic E-state index is 12.3. The molecule has 106 valence electrons. The average molecular weight is 256 g/mol. The predicted molar refractivity (Wildman–Crippen MR) is 73.4 cm³/mol. The fraction of sp³-hybridized carbons (Fsp3) is 0.929. The zero-order valence-corrected chi connectivity index (χ0v) is 12.4. The number of carbonyl (C=O) groups excluding carboxylic acids is 1. The van der Waals surface area contributed by atoms with E-state index in [-0.39, 0.29) is 24.2 Å². The van der Waals surface area contributed by atoms with Gasteiger partial charge in [0.25, 0.3) is 0 Å². The van der Waals surface area contributed by atoms with Crippen LogP contribution in [0.15, 0.2) is 0 Å². The molecule has 1 saturated heterocycles. The lowest BCUT2D eigenvalue weighted by Gasteiger charge is -2.44. The lowest BCUT2D eigenvalue weighted by atomic mass is 9.89. The number of hydrogen-bond acceptors (Lipinski definition) is 3. The van der Waals surface area contributed by atoms with Crippen molar-refractivity contribution >= 4 is 6.09 Å². The molecule has 1 heterocycles. The fourth-order valence-corrected chi connectivity index (χ4v) is 2.66. The lowest BCUT2D eigenvalue weighted by Crippen LogP contribution is -2.55. The van der Waals surface area contributed by atoms with Crippen molar-refractivity contribution in [3.8, 4) is 0 Å². The molecule has 0 aromatic heterocycles. The Bertz CT molecular complexity index is 272. The topological polar surface area (TPSA) is 55.6 Å². The number of amides is 1. The Morgan fingerprint density at radius 3 is 2.00 bits per heavy atom. The molecule has 4 nitrogen and oxygen atoms in total. The Kier molecular flexibility index (Phi) is 5.02. The van der Waals surface area contributed by atoms with Gasteiger partial charge in [0.15, 0.2) is 0 Å². The van der Waals surface area contributed by atoms with Gasteiger partial charge in [0.05, 0.1) is 0 Å². The van der Waals surface area contributed by atoms with E-state index in [9.17, 15) is 4.79 Å². The van der Waals surface area contributed by atoms with E-state index in [2.05, 4.69) is 13.8 Å². The summed E-state index contributed by atoms with van der Waals surface area (Å²) in [7, 11) is 0. The minimum atomic E-state index is -0.437. The second-order valence-electron chi connectivity index (χ2n) is 6.24. The quantitative estimate of drug-likeness (QED) is 0.826. The SMILES string of the molecule is CCC1CC(N)CC(CC)N1C(=O)OC(C)(C)C. The first kappa shape index (κ1) is 15.3. The molecule has 1 amide bonds. The maximum Gasteiger partial charge on any atom is 0.410 e. The van der Waals surface area contributed by atoms with E-state index in [1.165, 1.54) is 0 Å². The van der Waals surface area contributed by atoms with Crippen LogP contribution in [0.2, 0.25) is 0 Å². The molecular weight excluding hydrogens is 228 g/mol. The van der Waals surface area contributed by atoms with Crippen molar-refractivity contribution in [2.75, 3.05) is 0 Å². The molecule has 0 aliphatic carbocycles. The van der Waals surface area contributed by atoms with Gasteiger partial charge in [-0.2, -0.15) is 0 Å². The fourth-order valence-electron chi connectivity index (χ4n) is 2.66. The molecule has 1 aliphatic heterocycles. The van der Waals surface area contributed by atoms with Crippen LogP contribution in [0.1, 0.15) is 60.3 Å². The highest BCUT2D eigenvalue weighted by atomic mass is 16.6. The summed E-state index contributed by atoms with van der Waals surface area (Å²) in [5.74, 6) is 0. The van der Waals surface area contributed by atoms with Crippen molar-refractivity contribution < 1.29 is 9.53 Å². The Morgan fingerprint density at radius 1 is 1.22 bits per heavy atom. The van der Waals surface area contributed by atoms with Gasteiger partial charge < -0.3 is 15.4 Å². The van der Waals surface area contributed by atoms with Crippen molar-refractivity contribution in [3.63, 3.8) is 0 Å². The van der Waals surface area contributed by atoms with Crippen LogP contribution in [-0.4, -0.2) is 34.7 Å². The second-order valence-corrected chi connectivity index (χ2v) is 6.24. The molecule has 1 aliphatic rings. The summed E-state index contributed by atoms with van der Waals surface area (Å²) in [6, 6.07) is 0.640. The van der Waals surface area contributed by atoms with Crippen molar-refractivity contribution in [3.05, 3.63) is 0 Å². The summed E-state index contributed by atoms with van der Waals surface area (Å²) in [5.41, 5.74) is 5.64. The van der Waals surface area contributed by atoms with Gasteiger partial charge in [0.2, 0.25) is 0 Å². The average Bonchev–Trinajstić information content (AvgIpc) is 2.24. The van der Waals surface area contributed by atoms with Crippen LogP contribution < -0.4 is 5.73 Å². The summed E-state index contributed by atoms with van der Waals surface area (Å²) < 4.78 is 5.52. The highest BCUT2D eigenvalue weighted by molar-refractivity contribution is 5.69. The number of hydrogen-bond donors (Lipinski definition) is 1. The maximum absolute atomic E-state index is 12.3. The van der Waals surface area contributed by atoms with Gasteiger partial charge in [-0.15, -0.1) is 0 Å². The van der Waals surface area contributed by atoms with Gasteiger partial charge in [-0.05, 0) is 46.5 Å². The first-order chi connectivity index (χ1) is 8.28. The number of rotatable bonds is 2. The van der Waals surface area contributed by atoms with E-state index in [0.29, 0.717) is 0 Å². The molecule has 0 radical (unpaired) electrons. The number of piperidine rings is 1. The minimum absolute atomic E-state index is 0.187. The van der Waals surface area contributed by atoms with Crippen LogP contribution in [-0.2, 0) is 4.74 Å². The number of nitrogens with two attached hydrogens (primary N) is 1. The van der Waals surface area contributed by atoms with E-state index in [1.807, 2.05) is 25.7 Å². The summed E-state index contributed by atoms with van der Waals surface area (Å²) in [6.45, 7) is 9.92. The molecule has 4 heteroatoms. The van der Waals surface area contributed by atoms with E-state index in [1.54, 1.807) is 0 Å². The molecule has 1 fully saturated rings. The second kappa shape index (κ2) is 5.91. The molecule has 0 aromatic carbocycles. The molecule has 18 heavy (non-hydrogen) atoms. The van der Waals surface area contributed by atoms with E-state index < -0.39 is 5.60 Å². The van der Waals surface area contributed by atoms with Gasteiger partial charge in [-0.3, -0.25) is 0 Å². The highest BCUT2D eigenvalue weighted by Crippen LogP contribution is 2.28. The smallest absolute Gasteiger partial charge is 0.410 e. The van der Waals surface area contributed by atoms with Crippen LogP contribution in [0.4, 0.5) is 4.79 Å². The van der Waals surface area contributed by atoms with Crippen molar-refractivity contribution in [2.24, 2.45) is 5.73 Å². The van der Waals surface area contributed by atoms with Gasteiger partial charge in [-0.25, -0.2) is 4.79 Å². The third-order valence-electron chi connectivity index (χ3n) is 3.48. The summed E-state index contributed by atoms with van der Waals surface area (Å²) in [6.07, 6.45) is 3.44. The predicted octanol–water partition coefficient (Wildman–Crippen LogP) is 2.90. The summed E-state index contributed by atoms with van der Waals surface area (Å²) in [4.78, 5) is 14.2. The first-order valence-corrected chi connectivity index (χ1v) is 7.05. The van der Waals surface area contributed by atoms with Crippen molar-refractivity contribution in [1.29, 1.82) is 0 Å². The van der Waals surface area contributed by atoms with Crippen molar-refractivity contribution in [1.82, 2.24) is 4.90 Å². The zero-order valence-electron chi connectivity index (χ0n) is 12.4. The molecule has 1 rings (SSSR count). The van der Waals surface area contributed by atoms with Crippen LogP contribution in [0.3, 0.4) is 0 Å². The van der Waals surface area contributed by atoms with Gasteiger partial charge >= 0.3 is 6.09 Å². The standard InChI is InChI=1S/C14H28N2O2/c1-6-11-8-10(15)9-12(7-2)16(11)13(17)18-14(3,4)5/h10-12H,6-9,15H2,1-5H3. The monoisotopic (exact) mass is 256 g/mol. The minimum Gasteiger partial charge on any atom is -0.444 e. The van der Waals surface area contributed by atoms with E-state index in [0.717, 1.165) is 25.7 Å². The lowest BCUT2D eigenvalue weighted by molar-refractivity contribution is -0.00903. The molecule has 0 aromatic rings. The summed E-state index contributed by atoms with van der Waals surface area (Å²) >= 11 is 0. The Labute approximate surface area is 111 Å². The van der Waals surface area contributed by atoms with E-state index in [4.69, 9.17) is 10.5 Å². The zero-order chi connectivity index (χ0) is 13.9. The Morgan fingerprint density at radius 2 is 1.67 bits per heavy atom. The molecule has 2 atom stereocenters. The molecule has 2 N–H and O–H groups in total. The van der Waals surface area contributed by atoms with Gasteiger partial charge in [0.1, 0.15) is 5.60 Å². The van der Waals surface area contributed by atoms with Crippen LogP contribution in [0.5, 0.6) is 0 Å². The highest BCUT2D eigenvalue weighted by Gasteiger charge is 2.37.